The average Bonchev–Trinajstić information content (AvgIpc) is 2.60. The molecule has 0 aliphatic rings. The van der Waals surface area contributed by atoms with Crippen LogP contribution in [0.5, 0.6) is 0 Å². The van der Waals surface area contributed by atoms with E-state index < -0.39 is 0 Å². The van der Waals surface area contributed by atoms with Crippen molar-refractivity contribution in [1.29, 1.82) is 0 Å². The fourth-order valence-corrected chi connectivity index (χ4v) is 1.43. The third kappa shape index (κ3) is 2.30. The highest BCUT2D eigenvalue weighted by atomic mass is 19.1. The van der Waals surface area contributed by atoms with Gasteiger partial charge in [-0.3, -0.25) is 0 Å². The molecule has 0 saturated carbocycles. The molecule has 0 aliphatic carbocycles. The Kier molecular flexibility index (Phi) is 2.91. The SMILES string of the molecule is NCCCCn1nc2ccc(F)cc2n1. The monoisotopic (exact) mass is 208 g/mol. The van der Waals surface area contributed by atoms with Gasteiger partial charge in [0.15, 0.2) is 0 Å². The molecule has 0 bridgehead atoms. The second kappa shape index (κ2) is 4.35. The van der Waals surface area contributed by atoms with E-state index in [0.717, 1.165) is 24.9 Å². The zero-order valence-electron chi connectivity index (χ0n) is 8.36. The highest BCUT2D eigenvalue weighted by molar-refractivity contribution is 5.73. The maximum Gasteiger partial charge on any atom is 0.125 e. The normalized spacial score (nSPS) is 11.1. The van der Waals surface area contributed by atoms with Crippen molar-refractivity contribution in [2.75, 3.05) is 6.54 Å². The van der Waals surface area contributed by atoms with Crippen LogP contribution in [0.1, 0.15) is 12.8 Å². The number of hydrogen-bond acceptors (Lipinski definition) is 3. The summed E-state index contributed by atoms with van der Waals surface area (Å²) in [6, 6.07) is 4.42. The van der Waals surface area contributed by atoms with Crippen molar-refractivity contribution in [3.63, 3.8) is 0 Å². The van der Waals surface area contributed by atoms with Gasteiger partial charge in [-0.25, -0.2) is 4.39 Å². The van der Waals surface area contributed by atoms with Crippen LogP contribution in [0.4, 0.5) is 4.39 Å². The number of halogens is 1. The fraction of sp³-hybridized carbons (Fsp3) is 0.400. The zero-order valence-corrected chi connectivity index (χ0v) is 8.36. The highest BCUT2D eigenvalue weighted by Gasteiger charge is 2.02. The number of aromatic nitrogens is 3. The molecule has 4 nitrogen and oxygen atoms in total. The zero-order chi connectivity index (χ0) is 10.7. The van der Waals surface area contributed by atoms with Crippen LogP contribution in [-0.2, 0) is 6.54 Å². The predicted octanol–water partition coefficient (Wildman–Crippen LogP) is 1.31. The summed E-state index contributed by atoms with van der Waals surface area (Å²) in [6.07, 6.45) is 1.90. The Hall–Kier alpha value is -1.49. The van der Waals surface area contributed by atoms with E-state index in [2.05, 4.69) is 10.2 Å². The quantitative estimate of drug-likeness (QED) is 0.771. The second-order valence-corrected chi connectivity index (χ2v) is 3.42. The number of nitrogens with zero attached hydrogens (tertiary/aromatic N) is 3. The van der Waals surface area contributed by atoms with Gasteiger partial charge >= 0.3 is 0 Å². The minimum atomic E-state index is -0.281. The summed E-state index contributed by atoms with van der Waals surface area (Å²) in [5.41, 5.74) is 6.71. The van der Waals surface area contributed by atoms with Gasteiger partial charge < -0.3 is 5.73 Å². The molecule has 0 amide bonds. The highest BCUT2D eigenvalue weighted by Crippen LogP contribution is 2.10. The Morgan fingerprint density at radius 2 is 2.00 bits per heavy atom. The molecule has 0 fully saturated rings. The van der Waals surface area contributed by atoms with Gasteiger partial charge in [-0.1, -0.05) is 0 Å². The van der Waals surface area contributed by atoms with Crippen LogP contribution in [0, 0.1) is 5.82 Å². The van der Waals surface area contributed by atoms with Crippen molar-refractivity contribution >= 4 is 11.0 Å². The van der Waals surface area contributed by atoms with Gasteiger partial charge in [0.1, 0.15) is 16.9 Å². The first kappa shape index (κ1) is 10.0. The van der Waals surface area contributed by atoms with Crippen LogP contribution in [0.15, 0.2) is 18.2 Å². The van der Waals surface area contributed by atoms with Crippen molar-refractivity contribution < 1.29 is 4.39 Å². The molecule has 15 heavy (non-hydrogen) atoms. The summed E-state index contributed by atoms with van der Waals surface area (Å²) in [4.78, 5) is 1.60. The Bertz CT molecular complexity index is 452. The average molecular weight is 208 g/mol. The molecule has 0 aliphatic heterocycles. The van der Waals surface area contributed by atoms with E-state index in [0.29, 0.717) is 12.1 Å². The van der Waals surface area contributed by atoms with E-state index in [9.17, 15) is 4.39 Å². The molecule has 80 valence electrons. The maximum absolute atomic E-state index is 12.9. The number of aryl methyl sites for hydroxylation is 1. The fourth-order valence-electron chi connectivity index (χ4n) is 1.43. The lowest BCUT2D eigenvalue weighted by atomic mass is 10.3. The summed E-state index contributed by atoms with van der Waals surface area (Å²) < 4.78 is 12.9. The topological polar surface area (TPSA) is 56.7 Å². The Morgan fingerprint density at radius 1 is 1.20 bits per heavy atom. The molecule has 0 spiro atoms. The lowest BCUT2D eigenvalue weighted by molar-refractivity contribution is 0.507. The molecule has 1 aromatic heterocycles. The van der Waals surface area contributed by atoms with Gasteiger partial charge in [-0.15, -0.1) is 0 Å². The number of benzene rings is 1. The number of hydrogen-bond donors (Lipinski definition) is 1. The Labute approximate surface area is 86.9 Å². The van der Waals surface area contributed by atoms with Crippen LogP contribution < -0.4 is 5.73 Å². The summed E-state index contributed by atoms with van der Waals surface area (Å²) in [7, 11) is 0. The minimum Gasteiger partial charge on any atom is -0.330 e. The van der Waals surface area contributed by atoms with E-state index in [1.807, 2.05) is 0 Å². The van der Waals surface area contributed by atoms with Crippen molar-refractivity contribution in [1.82, 2.24) is 15.0 Å². The van der Waals surface area contributed by atoms with Crippen LogP contribution in [0.3, 0.4) is 0 Å². The van der Waals surface area contributed by atoms with Gasteiger partial charge in [-0.2, -0.15) is 15.0 Å². The lowest BCUT2D eigenvalue weighted by Gasteiger charge is -1.96. The largest absolute Gasteiger partial charge is 0.330 e. The Morgan fingerprint density at radius 3 is 2.80 bits per heavy atom. The minimum absolute atomic E-state index is 0.281. The van der Waals surface area contributed by atoms with E-state index in [1.165, 1.54) is 12.1 Å². The van der Waals surface area contributed by atoms with Crippen LogP contribution in [-0.4, -0.2) is 21.5 Å². The molecular weight excluding hydrogens is 195 g/mol. The Balaban J connectivity index is 2.16. The van der Waals surface area contributed by atoms with Crippen molar-refractivity contribution in [3.8, 4) is 0 Å². The summed E-state index contributed by atoms with van der Waals surface area (Å²) in [5.74, 6) is -0.281. The third-order valence-corrected chi connectivity index (χ3v) is 2.20. The van der Waals surface area contributed by atoms with Crippen LogP contribution >= 0.6 is 0 Å². The van der Waals surface area contributed by atoms with Gasteiger partial charge in [0.2, 0.25) is 0 Å². The maximum atomic E-state index is 12.9. The second-order valence-electron chi connectivity index (χ2n) is 3.42. The van der Waals surface area contributed by atoms with Crippen molar-refractivity contribution in [2.24, 2.45) is 5.73 Å². The summed E-state index contributed by atoms with van der Waals surface area (Å²) in [6.45, 7) is 1.41. The molecule has 2 rings (SSSR count). The first-order chi connectivity index (χ1) is 7.29. The van der Waals surface area contributed by atoms with Gasteiger partial charge in [0, 0.05) is 6.07 Å². The first-order valence-electron chi connectivity index (χ1n) is 5.00. The lowest BCUT2D eigenvalue weighted by Crippen LogP contribution is -2.05. The van der Waals surface area contributed by atoms with Crippen LogP contribution in [0.2, 0.25) is 0 Å². The molecule has 1 aromatic carbocycles. The molecule has 0 unspecified atom stereocenters. The molecular formula is C10H13FN4. The molecule has 0 atom stereocenters. The van der Waals surface area contributed by atoms with Gasteiger partial charge in [0.05, 0.1) is 6.54 Å². The summed E-state index contributed by atoms with van der Waals surface area (Å²) in [5, 5.41) is 8.39. The standard InChI is InChI=1S/C10H13FN4/c11-8-3-4-9-10(7-8)14-15(13-9)6-2-1-5-12/h3-4,7H,1-2,5-6,12H2. The molecule has 2 aromatic rings. The van der Waals surface area contributed by atoms with Gasteiger partial charge in [-0.05, 0) is 31.5 Å². The van der Waals surface area contributed by atoms with E-state index in [-0.39, 0.29) is 5.82 Å². The number of unbranched alkanes of at least 4 members (excludes halogenated alkanes) is 1. The molecule has 2 N–H and O–H groups in total. The first-order valence-corrected chi connectivity index (χ1v) is 5.00. The number of nitrogens with two attached hydrogens (primary N) is 1. The van der Waals surface area contributed by atoms with Crippen molar-refractivity contribution in [3.05, 3.63) is 24.0 Å². The molecule has 1 heterocycles. The number of fused-ring (bicyclic) bond motifs is 1. The molecule has 0 radical (unpaired) electrons. The smallest absolute Gasteiger partial charge is 0.125 e. The van der Waals surface area contributed by atoms with E-state index in [1.54, 1.807) is 10.9 Å². The summed E-state index contributed by atoms with van der Waals surface area (Å²) >= 11 is 0. The van der Waals surface area contributed by atoms with Crippen molar-refractivity contribution in [2.45, 2.75) is 19.4 Å². The van der Waals surface area contributed by atoms with Crippen LogP contribution in [0.25, 0.3) is 11.0 Å². The van der Waals surface area contributed by atoms with E-state index in [4.69, 9.17) is 5.73 Å². The number of rotatable bonds is 4. The van der Waals surface area contributed by atoms with E-state index >= 15 is 0 Å². The predicted molar refractivity (Wildman–Crippen MR) is 55.8 cm³/mol. The molecule has 5 heteroatoms. The third-order valence-electron chi connectivity index (χ3n) is 2.20. The molecule has 0 saturated heterocycles. The van der Waals surface area contributed by atoms with Gasteiger partial charge in [0.25, 0.3) is 0 Å².